The highest BCUT2D eigenvalue weighted by Gasteiger charge is 2.29. The molecular formula is C19H33N5. The van der Waals surface area contributed by atoms with Crippen molar-refractivity contribution >= 4 is 0 Å². The molecular weight excluding hydrogens is 298 g/mol. The van der Waals surface area contributed by atoms with Crippen LogP contribution < -0.4 is 0 Å². The molecule has 0 radical (unpaired) electrons. The average molecular weight is 332 g/mol. The van der Waals surface area contributed by atoms with Gasteiger partial charge in [-0.1, -0.05) is 13.8 Å². The van der Waals surface area contributed by atoms with Crippen molar-refractivity contribution in [2.45, 2.75) is 58.4 Å². The molecule has 5 nitrogen and oxygen atoms in total. The van der Waals surface area contributed by atoms with E-state index in [9.17, 15) is 0 Å². The van der Waals surface area contributed by atoms with Gasteiger partial charge in [0, 0.05) is 51.6 Å². The maximum Gasteiger partial charge on any atom is 0.137 e. The Morgan fingerprint density at radius 1 is 0.917 bits per heavy atom. The molecule has 134 valence electrons. The molecule has 0 unspecified atom stereocenters. The fraction of sp³-hybridized carbons (Fsp3) is 0.895. The molecule has 0 saturated carbocycles. The van der Waals surface area contributed by atoms with Gasteiger partial charge >= 0.3 is 0 Å². The van der Waals surface area contributed by atoms with Gasteiger partial charge in [0.05, 0.1) is 0 Å². The van der Waals surface area contributed by atoms with Crippen LogP contribution in [0.4, 0.5) is 0 Å². The predicted molar refractivity (Wildman–Crippen MR) is 96.1 cm³/mol. The van der Waals surface area contributed by atoms with Crippen LogP contribution in [-0.4, -0.2) is 63.8 Å². The van der Waals surface area contributed by atoms with Crippen molar-refractivity contribution in [2.75, 3.05) is 39.3 Å². The molecule has 0 aromatic carbocycles. The third kappa shape index (κ3) is 3.52. The Bertz CT molecular complexity index is 544. The molecule has 3 atom stereocenters. The molecule has 0 amide bonds. The number of aryl methyl sites for hydroxylation is 1. The monoisotopic (exact) mass is 331 g/mol. The minimum absolute atomic E-state index is 0.595. The lowest BCUT2D eigenvalue weighted by Crippen LogP contribution is -2.45. The summed E-state index contributed by atoms with van der Waals surface area (Å²) in [5.74, 6) is 4.81. The predicted octanol–water partition coefficient (Wildman–Crippen LogP) is 2.38. The van der Waals surface area contributed by atoms with E-state index in [1.165, 1.54) is 76.6 Å². The molecule has 0 bridgehead atoms. The van der Waals surface area contributed by atoms with E-state index in [2.05, 4.69) is 38.4 Å². The summed E-state index contributed by atoms with van der Waals surface area (Å²) in [5.41, 5.74) is 0. The third-order valence-corrected chi connectivity index (χ3v) is 6.19. The Hall–Kier alpha value is -0.940. The van der Waals surface area contributed by atoms with Crippen LogP contribution in [0.15, 0.2) is 0 Å². The Labute approximate surface area is 146 Å². The minimum Gasteiger partial charge on any atom is -0.315 e. The Morgan fingerprint density at radius 2 is 1.71 bits per heavy atom. The van der Waals surface area contributed by atoms with Crippen LogP contribution in [0.5, 0.6) is 0 Å². The molecule has 4 heterocycles. The van der Waals surface area contributed by atoms with Crippen molar-refractivity contribution in [1.82, 2.24) is 24.6 Å². The van der Waals surface area contributed by atoms with E-state index < -0.39 is 0 Å². The zero-order valence-electron chi connectivity index (χ0n) is 15.5. The maximum atomic E-state index is 4.54. The van der Waals surface area contributed by atoms with E-state index >= 15 is 0 Å². The summed E-state index contributed by atoms with van der Waals surface area (Å²) in [5, 5.41) is 8.96. The quantitative estimate of drug-likeness (QED) is 0.849. The second-order valence-corrected chi connectivity index (χ2v) is 8.57. The summed E-state index contributed by atoms with van der Waals surface area (Å²) in [7, 11) is 0. The van der Waals surface area contributed by atoms with Gasteiger partial charge in [-0.2, -0.15) is 0 Å². The highest BCUT2D eigenvalue weighted by atomic mass is 15.3. The van der Waals surface area contributed by atoms with Gasteiger partial charge in [0.25, 0.3) is 0 Å². The van der Waals surface area contributed by atoms with Gasteiger partial charge in [0.1, 0.15) is 11.6 Å². The first-order valence-corrected chi connectivity index (χ1v) is 10.1. The number of rotatable bonds is 4. The topological polar surface area (TPSA) is 37.2 Å². The summed E-state index contributed by atoms with van der Waals surface area (Å²) < 4.78 is 2.40. The van der Waals surface area contributed by atoms with Gasteiger partial charge in [-0.15, -0.1) is 10.2 Å². The molecule has 2 fully saturated rings. The SMILES string of the molecule is C[C@@H]1C[C@H](C)CN(CCN2CCC[C@@H](c3nnc4n3CCC4)C2)C1. The maximum absolute atomic E-state index is 4.54. The molecule has 0 N–H and O–H groups in total. The van der Waals surface area contributed by atoms with E-state index in [1.54, 1.807) is 0 Å². The van der Waals surface area contributed by atoms with Crippen molar-refractivity contribution in [1.29, 1.82) is 0 Å². The molecule has 1 aromatic heterocycles. The average Bonchev–Trinajstić information content (AvgIpc) is 3.15. The zero-order valence-corrected chi connectivity index (χ0v) is 15.5. The molecule has 0 spiro atoms. The van der Waals surface area contributed by atoms with Gasteiger partial charge in [-0.25, -0.2) is 0 Å². The lowest BCUT2D eigenvalue weighted by Gasteiger charge is -2.38. The molecule has 2 saturated heterocycles. The summed E-state index contributed by atoms with van der Waals surface area (Å²) in [4.78, 5) is 5.37. The number of hydrogen-bond acceptors (Lipinski definition) is 4. The van der Waals surface area contributed by atoms with Crippen LogP contribution in [0.3, 0.4) is 0 Å². The molecule has 0 aliphatic carbocycles. The van der Waals surface area contributed by atoms with Crippen molar-refractivity contribution in [3.63, 3.8) is 0 Å². The van der Waals surface area contributed by atoms with E-state index in [0.29, 0.717) is 5.92 Å². The lowest BCUT2D eigenvalue weighted by molar-refractivity contribution is 0.112. The van der Waals surface area contributed by atoms with Crippen LogP contribution in [0, 0.1) is 11.8 Å². The summed E-state index contributed by atoms with van der Waals surface area (Å²) in [6, 6.07) is 0. The van der Waals surface area contributed by atoms with E-state index in [1.807, 2.05) is 0 Å². The van der Waals surface area contributed by atoms with Crippen LogP contribution >= 0.6 is 0 Å². The molecule has 5 heteroatoms. The first kappa shape index (κ1) is 16.5. The first-order valence-electron chi connectivity index (χ1n) is 10.1. The lowest BCUT2D eigenvalue weighted by atomic mass is 9.92. The van der Waals surface area contributed by atoms with Crippen molar-refractivity contribution < 1.29 is 0 Å². The minimum atomic E-state index is 0.595. The second-order valence-electron chi connectivity index (χ2n) is 8.57. The Kier molecular flexibility index (Phi) is 4.90. The van der Waals surface area contributed by atoms with Crippen LogP contribution in [0.25, 0.3) is 0 Å². The Morgan fingerprint density at radius 3 is 2.54 bits per heavy atom. The smallest absolute Gasteiger partial charge is 0.137 e. The first-order chi connectivity index (χ1) is 11.7. The van der Waals surface area contributed by atoms with Crippen molar-refractivity contribution in [3.8, 4) is 0 Å². The number of piperidine rings is 2. The van der Waals surface area contributed by atoms with Gasteiger partial charge in [-0.05, 0) is 44.1 Å². The van der Waals surface area contributed by atoms with E-state index in [4.69, 9.17) is 0 Å². The van der Waals surface area contributed by atoms with Gasteiger partial charge < -0.3 is 14.4 Å². The highest BCUT2D eigenvalue weighted by Crippen LogP contribution is 2.28. The van der Waals surface area contributed by atoms with Crippen molar-refractivity contribution in [2.24, 2.45) is 11.8 Å². The van der Waals surface area contributed by atoms with Crippen LogP contribution in [0.2, 0.25) is 0 Å². The molecule has 3 aliphatic heterocycles. The summed E-state index contributed by atoms with van der Waals surface area (Å²) in [6.07, 6.45) is 6.36. The second kappa shape index (κ2) is 7.12. The van der Waals surface area contributed by atoms with Crippen molar-refractivity contribution in [3.05, 3.63) is 11.6 Å². The van der Waals surface area contributed by atoms with E-state index in [0.717, 1.165) is 24.8 Å². The third-order valence-electron chi connectivity index (χ3n) is 6.19. The van der Waals surface area contributed by atoms with Gasteiger partial charge in [0.2, 0.25) is 0 Å². The molecule has 4 rings (SSSR count). The standard InChI is InChI=1S/C19H33N5/c1-15-11-16(2)13-23(12-15)10-9-22-7-3-5-17(14-22)19-21-20-18-6-4-8-24(18)19/h15-17H,3-14H2,1-2H3/t15-,16+,17-/m1/s1. The van der Waals surface area contributed by atoms with Crippen LogP contribution in [0.1, 0.15) is 57.1 Å². The summed E-state index contributed by atoms with van der Waals surface area (Å²) >= 11 is 0. The van der Waals surface area contributed by atoms with Crippen LogP contribution in [-0.2, 0) is 13.0 Å². The highest BCUT2D eigenvalue weighted by molar-refractivity contribution is 5.07. The number of fused-ring (bicyclic) bond motifs is 1. The van der Waals surface area contributed by atoms with Gasteiger partial charge in [0.15, 0.2) is 0 Å². The number of likely N-dealkylation sites (tertiary alicyclic amines) is 2. The number of nitrogens with zero attached hydrogens (tertiary/aromatic N) is 5. The zero-order chi connectivity index (χ0) is 16.5. The molecule has 3 aliphatic rings. The van der Waals surface area contributed by atoms with E-state index in [-0.39, 0.29) is 0 Å². The number of hydrogen-bond donors (Lipinski definition) is 0. The van der Waals surface area contributed by atoms with Gasteiger partial charge in [-0.3, -0.25) is 0 Å². The molecule has 1 aromatic rings. The summed E-state index contributed by atoms with van der Waals surface area (Å²) in [6.45, 7) is 13.4. The number of aromatic nitrogens is 3. The fourth-order valence-electron chi connectivity index (χ4n) is 5.20. The Balaban J connectivity index is 1.32. The fourth-order valence-corrected chi connectivity index (χ4v) is 5.20. The normalized spacial score (nSPS) is 32.2. The molecule has 24 heavy (non-hydrogen) atoms. The largest absolute Gasteiger partial charge is 0.315 e.